The van der Waals surface area contributed by atoms with Crippen LogP contribution in [0.2, 0.25) is 0 Å². The molecule has 0 spiro atoms. The van der Waals surface area contributed by atoms with Crippen molar-refractivity contribution in [1.29, 1.82) is 0 Å². The first-order valence-electron chi connectivity index (χ1n) is 12.7. The van der Waals surface area contributed by atoms with E-state index in [-0.39, 0.29) is 0 Å². The minimum atomic E-state index is -0.705. The van der Waals surface area contributed by atoms with Crippen LogP contribution in [0.3, 0.4) is 0 Å². The van der Waals surface area contributed by atoms with E-state index in [4.69, 9.17) is 15.2 Å². The van der Waals surface area contributed by atoms with Crippen LogP contribution in [0.1, 0.15) is 26.3 Å². The van der Waals surface area contributed by atoms with Crippen LogP contribution in [-0.4, -0.2) is 41.4 Å². The van der Waals surface area contributed by atoms with Crippen molar-refractivity contribution in [3.8, 4) is 28.3 Å². The van der Waals surface area contributed by atoms with Gasteiger partial charge in [0.1, 0.15) is 12.2 Å². The van der Waals surface area contributed by atoms with Gasteiger partial charge in [0, 0.05) is 47.2 Å². The molecule has 0 radical (unpaired) electrons. The van der Waals surface area contributed by atoms with Gasteiger partial charge in [-0.05, 0) is 79.9 Å². The van der Waals surface area contributed by atoms with Crippen LogP contribution in [-0.2, 0) is 11.3 Å². The van der Waals surface area contributed by atoms with Crippen molar-refractivity contribution in [2.45, 2.75) is 33.0 Å². The number of anilines is 1. The minimum absolute atomic E-state index is 0.333. The number of fused-ring (bicyclic) bond motifs is 2. The van der Waals surface area contributed by atoms with E-state index in [1.807, 2.05) is 69.3 Å². The molecule has 0 atom stereocenters. The Morgan fingerprint density at radius 3 is 2.52 bits per heavy atom. The third kappa shape index (κ3) is 4.82. The number of ether oxygens (including phenoxy) is 2. The number of rotatable bonds is 5. The minimum Gasteiger partial charge on any atom is -0.473 e. The monoisotopic (exact) mass is 533 g/mol. The number of nitrogens with two attached hydrogens (primary N) is 1. The molecule has 0 saturated heterocycles. The van der Waals surface area contributed by atoms with Crippen LogP contribution in [0, 0.1) is 0 Å². The van der Waals surface area contributed by atoms with E-state index in [0.717, 1.165) is 38.5 Å². The Bertz CT molecular complexity index is 1850. The van der Waals surface area contributed by atoms with Gasteiger partial charge < -0.3 is 15.2 Å². The maximum absolute atomic E-state index is 13.6. The van der Waals surface area contributed by atoms with Gasteiger partial charge in [0.15, 0.2) is 11.5 Å². The summed E-state index contributed by atoms with van der Waals surface area (Å²) in [4.78, 5) is 26.6. The number of hydrogen-bond acceptors (Lipinski definition) is 8. The molecular formula is C30H27N7O3. The highest BCUT2D eigenvalue weighted by Gasteiger charge is 2.25. The third-order valence-corrected chi connectivity index (χ3v) is 6.35. The van der Waals surface area contributed by atoms with Crippen molar-refractivity contribution < 1.29 is 14.3 Å². The summed E-state index contributed by atoms with van der Waals surface area (Å²) in [6, 6.07) is 17.1. The molecule has 0 aliphatic rings. The lowest BCUT2D eigenvalue weighted by atomic mass is 10.0. The average molecular weight is 534 g/mol. The molecule has 5 aromatic heterocycles. The van der Waals surface area contributed by atoms with Crippen molar-refractivity contribution in [3.05, 3.63) is 84.9 Å². The Balaban J connectivity index is 1.48. The van der Waals surface area contributed by atoms with Gasteiger partial charge in [0.05, 0.1) is 11.2 Å². The zero-order chi connectivity index (χ0) is 27.9. The van der Waals surface area contributed by atoms with Crippen molar-refractivity contribution in [3.63, 3.8) is 0 Å². The molecule has 0 saturated carbocycles. The van der Waals surface area contributed by atoms with Gasteiger partial charge in [-0.2, -0.15) is 5.10 Å². The van der Waals surface area contributed by atoms with Crippen LogP contribution in [0.25, 0.3) is 44.3 Å². The topological polar surface area (TPSA) is 134 Å². The van der Waals surface area contributed by atoms with Gasteiger partial charge in [-0.3, -0.25) is 10.1 Å². The first-order valence-corrected chi connectivity index (χ1v) is 12.7. The first kappa shape index (κ1) is 25.1. The molecule has 6 rings (SSSR count). The van der Waals surface area contributed by atoms with E-state index in [0.29, 0.717) is 29.6 Å². The van der Waals surface area contributed by atoms with Crippen LogP contribution in [0.5, 0.6) is 5.88 Å². The number of carbonyl (C=O) groups is 1. The van der Waals surface area contributed by atoms with E-state index >= 15 is 0 Å². The largest absolute Gasteiger partial charge is 0.473 e. The molecular weight excluding hydrogens is 506 g/mol. The van der Waals surface area contributed by atoms with Crippen LogP contribution < -0.4 is 10.5 Å². The third-order valence-electron chi connectivity index (χ3n) is 6.35. The maximum atomic E-state index is 13.6. The molecule has 0 unspecified atom stereocenters. The first-order chi connectivity index (χ1) is 19.3. The SMILES string of the molecule is CC(C)(C)OC(=O)n1c(-c2ccnc(OCc3ccncc3)c2)cc2c(-c3ccc4[nH]nc(N)c4c3)ccnc21. The van der Waals surface area contributed by atoms with Crippen LogP contribution in [0.4, 0.5) is 10.6 Å². The molecule has 10 nitrogen and oxygen atoms in total. The molecule has 10 heteroatoms. The smallest absolute Gasteiger partial charge is 0.420 e. The summed E-state index contributed by atoms with van der Waals surface area (Å²) in [6.07, 6.45) is 6.22. The molecule has 5 heterocycles. The predicted molar refractivity (Wildman–Crippen MR) is 153 cm³/mol. The second kappa shape index (κ2) is 9.81. The van der Waals surface area contributed by atoms with Crippen molar-refractivity contribution in [1.82, 2.24) is 29.7 Å². The average Bonchev–Trinajstić information content (AvgIpc) is 3.52. The molecule has 6 aromatic rings. The maximum Gasteiger partial charge on any atom is 0.420 e. The Morgan fingerprint density at radius 1 is 0.925 bits per heavy atom. The number of pyridine rings is 3. The highest BCUT2D eigenvalue weighted by Crippen LogP contribution is 2.36. The highest BCUT2D eigenvalue weighted by molar-refractivity contribution is 6.03. The van der Waals surface area contributed by atoms with Gasteiger partial charge in [0.25, 0.3) is 0 Å². The molecule has 40 heavy (non-hydrogen) atoms. The summed E-state index contributed by atoms with van der Waals surface area (Å²) in [5.41, 5.74) is 10.8. The predicted octanol–water partition coefficient (Wildman–Crippen LogP) is 5.98. The van der Waals surface area contributed by atoms with E-state index in [2.05, 4.69) is 25.1 Å². The second-order valence-corrected chi connectivity index (χ2v) is 10.3. The van der Waals surface area contributed by atoms with E-state index < -0.39 is 11.7 Å². The number of nitrogens with zero attached hydrogens (tertiary/aromatic N) is 5. The van der Waals surface area contributed by atoms with Crippen molar-refractivity contribution in [2.24, 2.45) is 0 Å². The molecule has 3 N–H and O–H groups in total. The molecule has 0 aliphatic heterocycles. The standard InChI is InChI=1S/C30H27N7O3/c1-30(2,3)40-29(38)37-25(20-8-12-33-26(15-20)39-17-18-6-10-32-11-7-18)16-22-21(9-13-34-28(22)37)19-4-5-24-23(14-19)27(31)36-35-24/h4-16H,17H2,1-3H3,(H3,31,35,36). The number of carbonyl (C=O) groups excluding carboxylic acids is 1. The zero-order valence-electron chi connectivity index (χ0n) is 22.3. The lowest BCUT2D eigenvalue weighted by Crippen LogP contribution is -2.27. The fraction of sp³-hybridized carbons (Fsp3) is 0.167. The fourth-order valence-electron chi connectivity index (χ4n) is 4.54. The van der Waals surface area contributed by atoms with Crippen molar-refractivity contribution >= 4 is 33.8 Å². The Kier molecular flexibility index (Phi) is 6.14. The van der Waals surface area contributed by atoms with Gasteiger partial charge in [-0.15, -0.1) is 0 Å². The summed E-state index contributed by atoms with van der Waals surface area (Å²) in [7, 11) is 0. The number of aromatic amines is 1. The summed E-state index contributed by atoms with van der Waals surface area (Å²) in [5, 5.41) is 8.63. The van der Waals surface area contributed by atoms with Crippen molar-refractivity contribution in [2.75, 3.05) is 5.73 Å². The fourth-order valence-corrected chi connectivity index (χ4v) is 4.54. The zero-order valence-corrected chi connectivity index (χ0v) is 22.3. The summed E-state index contributed by atoms with van der Waals surface area (Å²) >= 11 is 0. The highest BCUT2D eigenvalue weighted by atomic mass is 16.6. The number of benzene rings is 1. The lowest BCUT2D eigenvalue weighted by Gasteiger charge is -2.20. The normalized spacial score (nSPS) is 11.7. The van der Waals surface area contributed by atoms with Gasteiger partial charge in [0.2, 0.25) is 5.88 Å². The van der Waals surface area contributed by atoms with Crippen LogP contribution in [0.15, 0.2) is 79.4 Å². The Hall–Kier alpha value is -5.25. The van der Waals surface area contributed by atoms with Crippen LogP contribution >= 0.6 is 0 Å². The number of hydrogen-bond donors (Lipinski definition) is 2. The quantitative estimate of drug-likeness (QED) is 0.276. The molecule has 0 fully saturated rings. The van der Waals surface area contributed by atoms with E-state index in [9.17, 15) is 4.79 Å². The van der Waals surface area contributed by atoms with Gasteiger partial charge >= 0.3 is 6.09 Å². The lowest BCUT2D eigenvalue weighted by molar-refractivity contribution is 0.0546. The van der Waals surface area contributed by atoms with Gasteiger partial charge in [-0.25, -0.2) is 19.3 Å². The number of H-pyrrole nitrogens is 1. The molecule has 1 aromatic carbocycles. The Morgan fingerprint density at radius 2 is 1.73 bits per heavy atom. The number of aromatic nitrogens is 6. The van der Waals surface area contributed by atoms with E-state index in [1.54, 1.807) is 30.9 Å². The molecule has 0 aliphatic carbocycles. The molecule has 0 bridgehead atoms. The number of nitrogens with one attached hydrogen (secondary N) is 1. The molecule has 0 amide bonds. The second-order valence-electron chi connectivity index (χ2n) is 10.3. The summed E-state index contributed by atoms with van der Waals surface area (Å²) in [5.74, 6) is 0.842. The summed E-state index contributed by atoms with van der Waals surface area (Å²) < 4.78 is 13.2. The van der Waals surface area contributed by atoms with Gasteiger partial charge in [-0.1, -0.05) is 6.07 Å². The number of nitrogen functional groups attached to an aromatic ring is 1. The van der Waals surface area contributed by atoms with E-state index in [1.165, 1.54) is 4.57 Å². The Labute approximate surface area is 229 Å². The molecule has 200 valence electrons. The summed E-state index contributed by atoms with van der Waals surface area (Å²) in [6.45, 7) is 5.82.